The molecule has 3 rings (SSSR count). The summed E-state index contributed by atoms with van der Waals surface area (Å²) in [5.74, 6) is -0.531. The summed E-state index contributed by atoms with van der Waals surface area (Å²) in [4.78, 5) is 30.5. The largest absolute Gasteiger partial charge is 0.369 e. The second kappa shape index (κ2) is 8.17. The Balaban J connectivity index is 1.72. The number of aromatic nitrogens is 2. The van der Waals surface area contributed by atoms with Crippen LogP contribution in [0.3, 0.4) is 0 Å². The van der Waals surface area contributed by atoms with E-state index in [1.807, 2.05) is 17.7 Å². The van der Waals surface area contributed by atoms with Gasteiger partial charge >= 0.3 is 0 Å². The fourth-order valence-corrected chi connectivity index (χ4v) is 4.29. The van der Waals surface area contributed by atoms with Crippen LogP contribution >= 0.6 is 11.8 Å². The molecule has 1 aliphatic heterocycles. The number of amides is 2. The fourth-order valence-electron chi connectivity index (χ4n) is 3.32. The van der Waals surface area contributed by atoms with Gasteiger partial charge in [0, 0.05) is 31.2 Å². The van der Waals surface area contributed by atoms with Crippen molar-refractivity contribution >= 4 is 23.6 Å². The molecule has 7 heteroatoms. The molecular formula is C20H26N4O2S. The zero-order valence-electron chi connectivity index (χ0n) is 16.0. The number of primary amides is 1. The molecule has 2 atom stereocenters. The summed E-state index contributed by atoms with van der Waals surface area (Å²) in [6, 6.07) is 6.27. The van der Waals surface area contributed by atoms with Crippen LogP contribution in [-0.2, 0) is 9.59 Å². The number of benzene rings is 1. The zero-order chi connectivity index (χ0) is 19.6. The Hall–Kier alpha value is -2.28. The number of hydrogen-bond donors (Lipinski definition) is 1. The van der Waals surface area contributed by atoms with E-state index in [4.69, 9.17) is 5.73 Å². The molecule has 1 saturated heterocycles. The first-order valence-corrected chi connectivity index (χ1v) is 10.1. The number of carbonyl (C=O) groups excluding carboxylic acids is 2. The van der Waals surface area contributed by atoms with Crippen molar-refractivity contribution in [2.24, 2.45) is 11.7 Å². The molecule has 27 heavy (non-hydrogen) atoms. The van der Waals surface area contributed by atoms with Crippen LogP contribution in [0.25, 0.3) is 5.69 Å². The van der Waals surface area contributed by atoms with Crippen LogP contribution in [0.1, 0.15) is 30.9 Å². The summed E-state index contributed by atoms with van der Waals surface area (Å²) in [7, 11) is 0. The van der Waals surface area contributed by atoms with Gasteiger partial charge in [-0.2, -0.15) is 0 Å². The van der Waals surface area contributed by atoms with E-state index in [1.165, 1.54) is 22.9 Å². The predicted octanol–water partition coefficient (Wildman–Crippen LogP) is 2.69. The van der Waals surface area contributed by atoms with Crippen LogP contribution in [-0.4, -0.2) is 44.6 Å². The third kappa shape index (κ3) is 4.35. The lowest BCUT2D eigenvalue weighted by Gasteiger charge is -2.32. The molecule has 0 aliphatic carbocycles. The minimum Gasteiger partial charge on any atom is -0.369 e. The van der Waals surface area contributed by atoms with Gasteiger partial charge in [0.15, 0.2) is 5.16 Å². The topological polar surface area (TPSA) is 81.2 Å². The van der Waals surface area contributed by atoms with E-state index in [2.05, 4.69) is 37.0 Å². The molecule has 2 aromatic rings. The van der Waals surface area contributed by atoms with Gasteiger partial charge in [0.05, 0.1) is 11.2 Å². The zero-order valence-corrected chi connectivity index (χ0v) is 16.8. The van der Waals surface area contributed by atoms with Crippen molar-refractivity contribution in [2.45, 2.75) is 44.0 Å². The second-order valence-corrected chi connectivity index (χ2v) is 8.44. The van der Waals surface area contributed by atoms with Crippen LogP contribution in [0.2, 0.25) is 0 Å². The third-order valence-electron chi connectivity index (χ3n) is 5.14. The Labute approximate surface area is 164 Å². The monoisotopic (exact) mass is 386 g/mol. The number of imidazole rings is 1. The molecule has 0 radical (unpaired) electrons. The van der Waals surface area contributed by atoms with Gasteiger partial charge in [-0.25, -0.2) is 4.98 Å². The van der Waals surface area contributed by atoms with E-state index in [1.54, 1.807) is 11.1 Å². The van der Waals surface area contributed by atoms with E-state index in [-0.39, 0.29) is 23.0 Å². The number of nitrogens with two attached hydrogens (primary N) is 1. The van der Waals surface area contributed by atoms with Crippen LogP contribution in [0.4, 0.5) is 0 Å². The molecule has 1 fully saturated rings. The maximum atomic E-state index is 12.9. The van der Waals surface area contributed by atoms with E-state index in [0.29, 0.717) is 13.1 Å². The van der Waals surface area contributed by atoms with Crippen molar-refractivity contribution < 1.29 is 9.59 Å². The Kier molecular flexibility index (Phi) is 5.89. The van der Waals surface area contributed by atoms with Gasteiger partial charge in [-0.3, -0.25) is 14.2 Å². The third-order valence-corrected chi connectivity index (χ3v) is 6.21. The highest BCUT2D eigenvalue weighted by atomic mass is 32.2. The van der Waals surface area contributed by atoms with Gasteiger partial charge in [-0.05, 0) is 56.9 Å². The maximum absolute atomic E-state index is 12.9. The van der Waals surface area contributed by atoms with Gasteiger partial charge in [0.1, 0.15) is 0 Å². The van der Waals surface area contributed by atoms with Crippen LogP contribution in [0.5, 0.6) is 0 Å². The van der Waals surface area contributed by atoms with Crippen molar-refractivity contribution in [3.63, 3.8) is 0 Å². The first-order valence-electron chi connectivity index (χ1n) is 9.22. The van der Waals surface area contributed by atoms with E-state index >= 15 is 0 Å². The highest BCUT2D eigenvalue weighted by molar-refractivity contribution is 8.00. The number of likely N-dealkylation sites (tertiary alicyclic amines) is 1. The molecule has 2 amide bonds. The first kappa shape index (κ1) is 19.5. The number of piperidine rings is 1. The van der Waals surface area contributed by atoms with Gasteiger partial charge < -0.3 is 10.6 Å². The number of aryl methyl sites for hydroxylation is 2. The van der Waals surface area contributed by atoms with Gasteiger partial charge in [0.25, 0.3) is 0 Å². The lowest BCUT2D eigenvalue weighted by atomic mass is 9.97. The number of carbonyl (C=O) groups is 2. The standard InChI is InChI=1S/C20H26N4O2S/c1-13-6-7-17(11-14(13)2)24-10-8-22-20(24)27-15(3)19(26)23-9-4-5-16(12-23)18(21)25/h6-8,10-11,15-16H,4-5,9,12H2,1-3H3,(H2,21,25). The summed E-state index contributed by atoms with van der Waals surface area (Å²) in [5.41, 5.74) is 8.92. The Morgan fingerprint density at radius 1 is 1.30 bits per heavy atom. The minimum absolute atomic E-state index is 0.0283. The van der Waals surface area contributed by atoms with Crippen LogP contribution < -0.4 is 5.73 Å². The fraction of sp³-hybridized carbons (Fsp3) is 0.450. The smallest absolute Gasteiger partial charge is 0.235 e. The molecule has 0 bridgehead atoms. The summed E-state index contributed by atoms with van der Waals surface area (Å²) < 4.78 is 2.00. The SMILES string of the molecule is Cc1ccc(-n2ccnc2SC(C)C(=O)N2CCCC(C(N)=O)C2)cc1C. The second-order valence-electron chi connectivity index (χ2n) is 7.13. The lowest BCUT2D eigenvalue weighted by Crippen LogP contribution is -2.46. The van der Waals surface area contributed by atoms with E-state index < -0.39 is 0 Å². The summed E-state index contributed by atoms with van der Waals surface area (Å²) in [5, 5.41) is 0.492. The molecule has 6 nitrogen and oxygen atoms in total. The van der Waals surface area contributed by atoms with E-state index in [9.17, 15) is 9.59 Å². The number of thioether (sulfide) groups is 1. The Bertz CT molecular complexity index is 848. The average molecular weight is 387 g/mol. The normalized spacial score (nSPS) is 18.3. The molecule has 2 heterocycles. The van der Waals surface area contributed by atoms with E-state index in [0.717, 1.165) is 23.7 Å². The summed E-state index contributed by atoms with van der Waals surface area (Å²) in [6.07, 6.45) is 5.23. The van der Waals surface area contributed by atoms with Crippen molar-refractivity contribution in [1.29, 1.82) is 0 Å². The highest BCUT2D eigenvalue weighted by Gasteiger charge is 2.30. The Morgan fingerprint density at radius 3 is 2.78 bits per heavy atom. The molecule has 0 spiro atoms. The molecule has 2 N–H and O–H groups in total. The van der Waals surface area contributed by atoms with Crippen molar-refractivity contribution in [3.8, 4) is 5.69 Å². The molecule has 1 aromatic heterocycles. The molecule has 144 valence electrons. The highest BCUT2D eigenvalue weighted by Crippen LogP contribution is 2.28. The number of hydrogen-bond acceptors (Lipinski definition) is 4. The summed E-state index contributed by atoms with van der Waals surface area (Å²) in [6.45, 7) is 7.16. The van der Waals surface area contributed by atoms with Crippen molar-refractivity contribution in [3.05, 3.63) is 41.7 Å². The lowest BCUT2D eigenvalue weighted by molar-refractivity contribution is -0.134. The molecule has 2 unspecified atom stereocenters. The molecular weight excluding hydrogens is 360 g/mol. The maximum Gasteiger partial charge on any atom is 0.235 e. The predicted molar refractivity (Wildman–Crippen MR) is 107 cm³/mol. The van der Waals surface area contributed by atoms with Gasteiger partial charge in [-0.1, -0.05) is 17.8 Å². The van der Waals surface area contributed by atoms with Gasteiger partial charge in [0.2, 0.25) is 11.8 Å². The molecule has 1 aliphatic rings. The van der Waals surface area contributed by atoms with Crippen molar-refractivity contribution in [1.82, 2.24) is 14.5 Å². The van der Waals surface area contributed by atoms with Crippen LogP contribution in [0, 0.1) is 19.8 Å². The summed E-state index contributed by atoms with van der Waals surface area (Å²) >= 11 is 1.44. The van der Waals surface area contributed by atoms with Gasteiger partial charge in [-0.15, -0.1) is 0 Å². The minimum atomic E-state index is -0.321. The molecule has 1 aromatic carbocycles. The average Bonchev–Trinajstić information content (AvgIpc) is 3.11. The quantitative estimate of drug-likeness (QED) is 0.801. The van der Waals surface area contributed by atoms with Crippen LogP contribution in [0.15, 0.2) is 35.7 Å². The number of rotatable bonds is 5. The number of nitrogens with zero attached hydrogens (tertiary/aromatic N) is 3. The molecule has 0 saturated carbocycles. The Morgan fingerprint density at radius 2 is 2.07 bits per heavy atom. The first-order chi connectivity index (χ1) is 12.9. The van der Waals surface area contributed by atoms with Crippen molar-refractivity contribution in [2.75, 3.05) is 13.1 Å².